The molecule has 25 heavy (non-hydrogen) atoms. The van der Waals surface area contributed by atoms with Gasteiger partial charge < -0.3 is 19.7 Å². The second kappa shape index (κ2) is 10.1. The third kappa shape index (κ3) is 6.10. The Morgan fingerprint density at radius 1 is 1.16 bits per heavy atom. The summed E-state index contributed by atoms with van der Waals surface area (Å²) in [4.78, 5) is 37.0. The van der Waals surface area contributed by atoms with Crippen LogP contribution in [-0.4, -0.2) is 56.0 Å². The molecule has 1 rings (SSSR count). The highest BCUT2D eigenvalue weighted by molar-refractivity contribution is 6.37. The number of benzene rings is 1. The molecule has 0 aliphatic rings. The summed E-state index contributed by atoms with van der Waals surface area (Å²) in [6.45, 7) is 3.70. The molecule has 0 saturated heterocycles. The summed E-state index contributed by atoms with van der Waals surface area (Å²) in [6, 6.07) is 2.68. The molecule has 0 atom stereocenters. The zero-order chi connectivity index (χ0) is 19.0. The van der Waals surface area contributed by atoms with Crippen LogP contribution in [0.25, 0.3) is 0 Å². The molecule has 0 aromatic heterocycles. The van der Waals surface area contributed by atoms with Crippen LogP contribution in [0.2, 0.25) is 10.0 Å². The number of hydrogen-bond donors (Lipinski definition) is 1. The van der Waals surface area contributed by atoms with Gasteiger partial charge in [-0.3, -0.25) is 9.59 Å². The van der Waals surface area contributed by atoms with Crippen molar-refractivity contribution in [3.63, 3.8) is 0 Å². The summed E-state index contributed by atoms with van der Waals surface area (Å²) in [7, 11) is 1.40. The van der Waals surface area contributed by atoms with Crippen LogP contribution in [-0.2, 0) is 14.3 Å². The van der Waals surface area contributed by atoms with Gasteiger partial charge in [-0.2, -0.15) is 0 Å². The molecule has 0 saturated carbocycles. The Kier molecular flexibility index (Phi) is 8.51. The molecule has 0 aliphatic carbocycles. The standard InChI is InChI=1S/C16H20Cl2N2O5/c1-4-19-13(21)8-20(5-2)14(22)9-25-16(23)10-6-11(17)15(24-3)12(18)7-10/h6-7H,4-5,8-9H2,1-3H3,(H,19,21). The highest BCUT2D eigenvalue weighted by Gasteiger charge is 2.19. The van der Waals surface area contributed by atoms with E-state index in [-0.39, 0.29) is 33.8 Å². The van der Waals surface area contributed by atoms with Gasteiger partial charge in [-0.15, -0.1) is 0 Å². The molecule has 0 spiro atoms. The number of carbonyl (C=O) groups excluding carboxylic acids is 3. The summed E-state index contributed by atoms with van der Waals surface area (Å²) in [5.41, 5.74) is 0.0929. The van der Waals surface area contributed by atoms with Crippen LogP contribution in [0.4, 0.5) is 0 Å². The number of nitrogens with zero attached hydrogens (tertiary/aromatic N) is 1. The van der Waals surface area contributed by atoms with E-state index in [1.807, 2.05) is 0 Å². The molecule has 0 unspecified atom stereocenters. The lowest BCUT2D eigenvalue weighted by atomic mass is 10.2. The number of ether oxygens (including phenoxy) is 2. The van der Waals surface area contributed by atoms with E-state index >= 15 is 0 Å². The second-order valence-corrected chi connectivity index (χ2v) is 5.73. The normalized spacial score (nSPS) is 10.1. The maximum absolute atomic E-state index is 12.1. The van der Waals surface area contributed by atoms with Crippen molar-refractivity contribution in [1.29, 1.82) is 0 Å². The van der Waals surface area contributed by atoms with Gasteiger partial charge in [0.2, 0.25) is 5.91 Å². The SMILES string of the molecule is CCNC(=O)CN(CC)C(=O)COC(=O)c1cc(Cl)c(OC)c(Cl)c1. The molecular formula is C16H20Cl2N2O5. The van der Waals surface area contributed by atoms with Crippen molar-refractivity contribution in [2.75, 3.05) is 33.4 Å². The van der Waals surface area contributed by atoms with Gasteiger partial charge in [0.05, 0.1) is 29.3 Å². The molecule has 0 bridgehead atoms. The van der Waals surface area contributed by atoms with Crippen molar-refractivity contribution in [2.24, 2.45) is 0 Å². The predicted molar refractivity (Wildman–Crippen MR) is 94.2 cm³/mol. The first kappa shape index (κ1) is 21.1. The third-order valence-corrected chi connectivity index (χ3v) is 3.77. The van der Waals surface area contributed by atoms with Crippen LogP contribution in [0, 0.1) is 0 Å². The van der Waals surface area contributed by atoms with Crippen molar-refractivity contribution in [2.45, 2.75) is 13.8 Å². The van der Waals surface area contributed by atoms with Gasteiger partial charge in [0.1, 0.15) is 0 Å². The lowest BCUT2D eigenvalue weighted by Crippen LogP contribution is -2.42. The van der Waals surface area contributed by atoms with Crippen molar-refractivity contribution in [1.82, 2.24) is 10.2 Å². The number of nitrogens with one attached hydrogen (secondary N) is 1. The summed E-state index contributed by atoms with van der Waals surface area (Å²) in [6.07, 6.45) is 0. The minimum atomic E-state index is -0.756. The van der Waals surface area contributed by atoms with Crippen LogP contribution in [0.3, 0.4) is 0 Å². The molecule has 1 N–H and O–H groups in total. The quantitative estimate of drug-likeness (QED) is 0.687. The Hall–Kier alpha value is -1.99. The number of amides is 2. The number of hydrogen-bond acceptors (Lipinski definition) is 5. The van der Waals surface area contributed by atoms with Gasteiger partial charge in [-0.05, 0) is 26.0 Å². The Bertz CT molecular complexity index is 628. The average Bonchev–Trinajstić information content (AvgIpc) is 2.57. The molecule has 138 valence electrons. The minimum Gasteiger partial charge on any atom is -0.494 e. The summed E-state index contributed by atoms with van der Waals surface area (Å²) in [5.74, 6) is -1.27. The van der Waals surface area contributed by atoms with E-state index in [0.29, 0.717) is 13.1 Å². The van der Waals surface area contributed by atoms with E-state index in [9.17, 15) is 14.4 Å². The van der Waals surface area contributed by atoms with Crippen LogP contribution >= 0.6 is 23.2 Å². The van der Waals surface area contributed by atoms with Gasteiger partial charge in [0, 0.05) is 13.1 Å². The van der Waals surface area contributed by atoms with Crippen molar-refractivity contribution >= 4 is 41.0 Å². The van der Waals surface area contributed by atoms with Gasteiger partial charge in [-0.25, -0.2) is 4.79 Å². The first-order valence-electron chi connectivity index (χ1n) is 7.58. The number of carbonyl (C=O) groups is 3. The van der Waals surface area contributed by atoms with Crippen LogP contribution in [0.15, 0.2) is 12.1 Å². The fourth-order valence-corrected chi connectivity index (χ4v) is 2.62. The first-order valence-corrected chi connectivity index (χ1v) is 8.34. The van der Waals surface area contributed by atoms with E-state index in [0.717, 1.165) is 0 Å². The van der Waals surface area contributed by atoms with Crippen LogP contribution in [0.5, 0.6) is 5.75 Å². The van der Waals surface area contributed by atoms with Crippen molar-refractivity contribution < 1.29 is 23.9 Å². The molecule has 0 heterocycles. The van der Waals surface area contributed by atoms with Gasteiger partial charge in [0.15, 0.2) is 12.4 Å². The zero-order valence-electron chi connectivity index (χ0n) is 14.2. The number of esters is 1. The zero-order valence-corrected chi connectivity index (χ0v) is 15.7. The van der Waals surface area contributed by atoms with E-state index < -0.39 is 18.5 Å². The predicted octanol–water partition coefficient (Wildman–Crippen LogP) is 2.14. The minimum absolute atomic E-state index is 0.0929. The highest BCUT2D eigenvalue weighted by atomic mass is 35.5. The van der Waals surface area contributed by atoms with E-state index in [4.69, 9.17) is 32.7 Å². The maximum Gasteiger partial charge on any atom is 0.338 e. The Morgan fingerprint density at radius 3 is 2.24 bits per heavy atom. The Labute approximate surface area is 156 Å². The monoisotopic (exact) mass is 390 g/mol. The third-order valence-electron chi connectivity index (χ3n) is 3.21. The molecule has 1 aromatic carbocycles. The summed E-state index contributed by atoms with van der Waals surface area (Å²) >= 11 is 11.9. The molecule has 1 aromatic rings. The lowest BCUT2D eigenvalue weighted by molar-refractivity contribution is -0.138. The number of methoxy groups -OCH3 is 1. The average molecular weight is 391 g/mol. The molecule has 7 nitrogen and oxygen atoms in total. The van der Waals surface area contributed by atoms with E-state index in [1.165, 1.54) is 24.1 Å². The van der Waals surface area contributed by atoms with Gasteiger partial charge in [-0.1, -0.05) is 23.2 Å². The highest BCUT2D eigenvalue weighted by Crippen LogP contribution is 2.33. The lowest BCUT2D eigenvalue weighted by Gasteiger charge is -2.20. The Balaban J connectivity index is 2.68. The van der Waals surface area contributed by atoms with Gasteiger partial charge >= 0.3 is 5.97 Å². The van der Waals surface area contributed by atoms with Crippen LogP contribution < -0.4 is 10.1 Å². The smallest absolute Gasteiger partial charge is 0.338 e. The topological polar surface area (TPSA) is 84.9 Å². The van der Waals surface area contributed by atoms with E-state index in [1.54, 1.807) is 13.8 Å². The molecule has 0 radical (unpaired) electrons. The molecule has 0 aliphatic heterocycles. The van der Waals surface area contributed by atoms with E-state index in [2.05, 4.69) is 5.32 Å². The molecule has 0 fully saturated rings. The number of rotatable bonds is 8. The van der Waals surface area contributed by atoms with Gasteiger partial charge in [0.25, 0.3) is 5.91 Å². The van der Waals surface area contributed by atoms with Crippen molar-refractivity contribution in [3.8, 4) is 5.75 Å². The molecule has 2 amide bonds. The fourth-order valence-electron chi connectivity index (χ4n) is 1.98. The fraction of sp³-hybridized carbons (Fsp3) is 0.438. The molecule has 9 heteroatoms. The summed E-state index contributed by atoms with van der Waals surface area (Å²) in [5, 5.41) is 2.90. The number of halogens is 2. The second-order valence-electron chi connectivity index (χ2n) is 4.91. The Morgan fingerprint density at radius 2 is 1.76 bits per heavy atom. The summed E-state index contributed by atoms with van der Waals surface area (Å²) < 4.78 is 9.97. The van der Waals surface area contributed by atoms with Crippen molar-refractivity contribution in [3.05, 3.63) is 27.7 Å². The maximum atomic E-state index is 12.1. The molecular weight excluding hydrogens is 371 g/mol. The van der Waals surface area contributed by atoms with Crippen LogP contribution in [0.1, 0.15) is 24.2 Å². The first-order chi connectivity index (χ1) is 11.8. The largest absolute Gasteiger partial charge is 0.494 e. The number of likely N-dealkylation sites (N-methyl/N-ethyl adjacent to an activating group) is 2.